The number of rotatable bonds is 8. The van der Waals surface area contributed by atoms with E-state index in [1.807, 2.05) is 0 Å². The molecule has 4 N–H and O–H groups in total. The molecule has 118 valence electrons. The first kappa shape index (κ1) is 16.1. The maximum Gasteiger partial charge on any atom is 0.240 e. The normalized spacial score (nSPS) is 16.7. The molecular weight excluding hydrogens is 290 g/mol. The zero-order chi connectivity index (χ0) is 15.5. The van der Waals surface area contributed by atoms with Gasteiger partial charge in [0.2, 0.25) is 10.0 Å². The topological polar surface area (TPSA) is 93.5 Å². The molecule has 1 aliphatic rings. The van der Waals surface area contributed by atoms with Crippen LogP contribution in [0.4, 0.5) is 11.4 Å². The highest BCUT2D eigenvalue weighted by Crippen LogP contribution is 2.48. The first-order valence-corrected chi connectivity index (χ1v) is 8.47. The van der Waals surface area contributed by atoms with Crippen LogP contribution in [0.3, 0.4) is 0 Å². The van der Waals surface area contributed by atoms with Crippen LogP contribution in [-0.4, -0.2) is 35.7 Å². The first-order valence-electron chi connectivity index (χ1n) is 6.98. The average Bonchev–Trinajstić information content (AvgIpc) is 3.24. The van der Waals surface area contributed by atoms with Gasteiger partial charge in [0.1, 0.15) is 0 Å². The quantitative estimate of drug-likeness (QED) is 0.631. The van der Waals surface area contributed by atoms with Gasteiger partial charge in [0, 0.05) is 20.3 Å². The molecule has 0 unspecified atom stereocenters. The Balaban J connectivity index is 2.08. The number of benzene rings is 1. The predicted octanol–water partition coefficient (Wildman–Crippen LogP) is 1.41. The highest BCUT2D eigenvalue weighted by atomic mass is 32.2. The molecule has 0 saturated heterocycles. The lowest BCUT2D eigenvalue weighted by atomic mass is 10.0. The van der Waals surface area contributed by atoms with Gasteiger partial charge in [0.15, 0.2) is 0 Å². The van der Waals surface area contributed by atoms with Gasteiger partial charge in [-0.1, -0.05) is 0 Å². The molecule has 0 amide bonds. The molecule has 1 fully saturated rings. The van der Waals surface area contributed by atoms with Gasteiger partial charge >= 0.3 is 0 Å². The molecule has 21 heavy (non-hydrogen) atoms. The van der Waals surface area contributed by atoms with E-state index in [4.69, 9.17) is 10.5 Å². The minimum absolute atomic E-state index is 0.212. The molecule has 0 atom stereocenters. The number of nitrogens with two attached hydrogens (primary N) is 1. The molecule has 2 rings (SSSR count). The van der Waals surface area contributed by atoms with Crippen LogP contribution in [0.5, 0.6) is 0 Å². The van der Waals surface area contributed by atoms with E-state index in [9.17, 15) is 8.42 Å². The summed E-state index contributed by atoms with van der Waals surface area (Å²) in [4.78, 5) is 0.212. The summed E-state index contributed by atoms with van der Waals surface area (Å²) in [5, 5.41) is 3.29. The van der Waals surface area contributed by atoms with Crippen molar-refractivity contribution in [1.82, 2.24) is 4.72 Å². The van der Waals surface area contributed by atoms with Crippen LogP contribution in [0.1, 0.15) is 19.3 Å². The number of sulfonamides is 1. The van der Waals surface area contributed by atoms with Crippen molar-refractivity contribution in [1.29, 1.82) is 0 Å². The molecule has 0 bridgehead atoms. The number of hydrogen-bond acceptors (Lipinski definition) is 5. The minimum Gasteiger partial charge on any atom is -0.397 e. The van der Waals surface area contributed by atoms with E-state index >= 15 is 0 Å². The molecule has 6 nitrogen and oxygen atoms in total. The van der Waals surface area contributed by atoms with Gasteiger partial charge in [-0.05, 0) is 49.9 Å². The van der Waals surface area contributed by atoms with Crippen LogP contribution >= 0.6 is 0 Å². The summed E-state index contributed by atoms with van der Waals surface area (Å²) >= 11 is 0. The lowest BCUT2D eigenvalue weighted by Crippen LogP contribution is -2.20. The van der Waals surface area contributed by atoms with Crippen LogP contribution in [0, 0.1) is 5.41 Å². The van der Waals surface area contributed by atoms with E-state index in [2.05, 4.69) is 10.0 Å². The first-order chi connectivity index (χ1) is 9.92. The maximum absolute atomic E-state index is 11.8. The summed E-state index contributed by atoms with van der Waals surface area (Å²) in [7, 11) is -0.362. The fourth-order valence-corrected chi connectivity index (χ4v) is 3.02. The van der Waals surface area contributed by atoms with Crippen molar-refractivity contribution in [2.75, 3.05) is 38.4 Å². The number of nitrogen functional groups attached to an aromatic ring is 1. The highest BCUT2D eigenvalue weighted by Gasteiger charge is 2.41. The third-order valence-electron chi connectivity index (χ3n) is 4.05. The number of hydrogen-bond donors (Lipinski definition) is 3. The Bertz CT molecular complexity index is 597. The van der Waals surface area contributed by atoms with Gasteiger partial charge in [0.05, 0.1) is 16.3 Å². The predicted molar refractivity (Wildman–Crippen MR) is 83.7 cm³/mol. The van der Waals surface area contributed by atoms with Crippen LogP contribution in [0.25, 0.3) is 0 Å². The summed E-state index contributed by atoms with van der Waals surface area (Å²) in [5.41, 5.74) is 7.40. The highest BCUT2D eigenvalue weighted by molar-refractivity contribution is 7.89. The number of nitrogens with one attached hydrogen (secondary N) is 2. The van der Waals surface area contributed by atoms with Crippen molar-refractivity contribution in [2.24, 2.45) is 5.41 Å². The summed E-state index contributed by atoms with van der Waals surface area (Å²) in [6.45, 7) is 1.52. The molecule has 0 aliphatic heterocycles. The summed E-state index contributed by atoms with van der Waals surface area (Å²) < 4.78 is 31.1. The van der Waals surface area contributed by atoms with Crippen molar-refractivity contribution in [2.45, 2.75) is 24.2 Å². The van der Waals surface area contributed by atoms with E-state index < -0.39 is 10.0 Å². The van der Waals surface area contributed by atoms with Gasteiger partial charge < -0.3 is 15.8 Å². The van der Waals surface area contributed by atoms with Gasteiger partial charge in [-0.2, -0.15) is 0 Å². The maximum atomic E-state index is 11.8. The zero-order valence-corrected chi connectivity index (χ0v) is 13.3. The Morgan fingerprint density at radius 1 is 1.38 bits per heavy atom. The van der Waals surface area contributed by atoms with Crippen molar-refractivity contribution >= 4 is 21.4 Å². The molecule has 0 radical (unpaired) electrons. The summed E-state index contributed by atoms with van der Waals surface area (Å²) in [5.74, 6) is 0. The second kappa shape index (κ2) is 6.21. The molecule has 1 aromatic carbocycles. The smallest absolute Gasteiger partial charge is 0.240 e. The van der Waals surface area contributed by atoms with Crippen LogP contribution < -0.4 is 15.8 Å². The second-order valence-electron chi connectivity index (χ2n) is 5.55. The van der Waals surface area contributed by atoms with E-state index in [-0.39, 0.29) is 10.3 Å². The SMILES string of the molecule is CNS(=O)(=O)c1ccc(N)c(NCC2(CCOC)CC2)c1. The van der Waals surface area contributed by atoms with E-state index in [0.717, 1.165) is 32.4 Å². The number of ether oxygens (including phenoxy) is 1. The Labute approximate surface area is 126 Å². The van der Waals surface area contributed by atoms with Crippen LogP contribution in [-0.2, 0) is 14.8 Å². The Morgan fingerprint density at radius 3 is 2.67 bits per heavy atom. The van der Waals surface area contributed by atoms with Crippen LogP contribution in [0.15, 0.2) is 23.1 Å². The van der Waals surface area contributed by atoms with Crippen molar-refractivity contribution < 1.29 is 13.2 Å². The molecule has 1 saturated carbocycles. The molecule has 1 aliphatic carbocycles. The Kier molecular flexibility index (Phi) is 4.75. The summed E-state index contributed by atoms with van der Waals surface area (Å²) in [6.07, 6.45) is 3.33. The minimum atomic E-state index is -3.46. The molecule has 7 heteroatoms. The standard InChI is InChI=1S/C14H23N3O3S/c1-16-21(18,19)11-3-4-12(15)13(9-11)17-10-14(5-6-14)7-8-20-2/h3-4,9,16-17H,5-8,10,15H2,1-2H3. The third-order valence-corrected chi connectivity index (χ3v) is 5.46. The van der Waals surface area contributed by atoms with Crippen molar-refractivity contribution in [3.63, 3.8) is 0 Å². The van der Waals surface area contributed by atoms with Gasteiger partial charge in [-0.15, -0.1) is 0 Å². The zero-order valence-electron chi connectivity index (χ0n) is 12.5. The largest absolute Gasteiger partial charge is 0.397 e. The van der Waals surface area contributed by atoms with E-state index in [0.29, 0.717) is 11.4 Å². The van der Waals surface area contributed by atoms with Gasteiger partial charge in [-0.25, -0.2) is 13.1 Å². The number of anilines is 2. The lowest BCUT2D eigenvalue weighted by molar-refractivity contribution is 0.175. The molecule has 0 spiro atoms. The molecule has 0 aromatic heterocycles. The lowest BCUT2D eigenvalue weighted by Gasteiger charge is -2.18. The fraction of sp³-hybridized carbons (Fsp3) is 0.571. The third kappa shape index (κ3) is 3.87. The average molecular weight is 313 g/mol. The van der Waals surface area contributed by atoms with E-state index in [1.165, 1.54) is 13.1 Å². The monoisotopic (exact) mass is 313 g/mol. The van der Waals surface area contributed by atoms with Gasteiger partial charge in [-0.3, -0.25) is 0 Å². The van der Waals surface area contributed by atoms with Crippen molar-refractivity contribution in [3.05, 3.63) is 18.2 Å². The Morgan fingerprint density at radius 2 is 2.10 bits per heavy atom. The molecule has 0 heterocycles. The van der Waals surface area contributed by atoms with Crippen molar-refractivity contribution in [3.8, 4) is 0 Å². The Hall–Kier alpha value is -1.31. The van der Waals surface area contributed by atoms with Gasteiger partial charge in [0.25, 0.3) is 0 Å². The molecule has 1 aromatic rings. The fourth-order valence-electron chi connectivity index (χ4n) is 2.27. The molecular formula is C14H23N3O3S. The van der Waals surface area contributed by atoms with Crippen LogP contribution in [0.2, 0.25) is 0 Å². The second-order valence-corrected chi connectivity index (χ2v) is 7.44. The van der Waals surface area contributed by atoms with E-state index in [1.54, 1.807) is 19.2 Å². The summed E-state index contributed by atoms with van der Waals surface area (Å²) in [6, 6.07) is 4.69. The number of methoxy groups -OCH3 is 1.